The SMILES string of the molecule is CC(C)(C)c1ccc2ccc3c(-c4ccc(B5OC(C)(C)C(C)(C)O5)cc4)cc(C(C)(C)C)nc3c2n1. The molecule has 4 aromatic rings. The van der Waals surface area contributed by atoms with E-state index in [1.807, 2.05) is 0 Å². The molecule has 3 heterocycles. The van der Waals surface area contributed by atoms with E-state index in [0.717, 1.165) is 44.2 Å². The smallest absolute Gasteiger partial charge is 0.399 e. The molecule has 5 rings (SSSR count). The van der Waals surface area contributed by atoms with Gasteiger partial charge in [-0.2, -0.15) is 0 Å². The predicted octanol–water partition coefficient (Wildman–Crippen LogP) is 7.34. The Balaban J connectivity index is 1.67. The van der Waals surface area contributed by atoms with Crippen molar-refractivity contribution < 1.29 is 9.31 Å². The van der Waals surface area contributed by atoms with Crippen molar-refractivity contribution in [1.29, 1.82) is 0 Å². The quantitative estimate of drug-likeness (QED) is 0.216. The molecule has 0 bridgehead atoms. The second kappa shape index (κ2) is 8.37. The molecule has 2 aromatic heterocycles. The summed E-state index contributed by atoms with van der Waals surface area (Å²) in [6.45, 7) is 21.6. The molecular weight excluding hydrogens is 455 g/mol. The van der Waals surface area contributed by atoms with Gasteiger partial charge >= 0.3 is 7.12 Å². The summed E-state index contributed by atoms with van der Waals surface area (Å²) in [6, 6.07) is 19.5. The lowest BCUT2D eigenvalue weighted by atomic mass is 9.78. The number of benzene rings is 2. The maximum absolute atomic E-state index is 6.28. The molecule has 37 heavy (non-hydrogen) atoms. The van der Waals surface area contributed by atoms with Crippen LogP contribution in [0.25, 0.3) is 32.9 Å². The Kier molecular flexibility index (Phi) is 5.86. The second-order valence-electron chi connectivity index (χ2n) is 13.5. The van der Waals surface area contributed by atoms with E-state index in [4.69, 9.17) is 19.3 Å². The molecule has 0 radical (unpaired) electrons. The van der Waals surface area contributed by atoms with Gasteiger partial charge in [0.25, 0.3) is 0 Å². The molecular formula is C32H39BN2O2. The standard InChI is InChI=1S/C32H39BN2O2/c1-29(2,3)25-18-14-21-13-17-23-24(19-26(30(4,5)6)35-28(23)27(21)34-25)20-11-15-22(16-12-20)33-36-31(7,8)32(9,10)37-33/h11-19H,1-10H3. The maximum Gasteiger partial charge on any atom is 0.494 e. The lowest BCUT2D eigenvalue weighted by molar-refractivity contribution is 0.00578. The van der Waals surface area contributed by atoms with Crippen molar-refractivity contribution >= 4 is 34.4 Å². The van der Waals surface area contributed by atoms with Crippen LogP contribution in [0.5, 0.6) is 0 Å². The summed E-state index contributed by atoms with van der Waals surface area (Å²) in [7, 11) is -0.373. The van der Waals surface area contributed by atoms with Gasteiger partial charge in [0.1, 0.15) is 0 Å². The molecule has 2 aromatic carbocycles. The normalized spacial score (nSPS) is 17.6. The van der Waals surface area contributed by atoms with Gasteiger partial charge in [-0.3, -0.25) is 0 Å². The number of fused-ring (bicyclic) bond motifs is 3. The van der Waals surface area contributed by atoms with Crippen molar-refractivity contribution in [3.63, 3.8) is 0 Å². The van der Waals surface area contributed by atoms with E-state index in [2.05, 4.69) is 124 Å². The first kappa shape index (κ1) is 25.9. The van der Waals surface area contributed by atoms with Gasteiger partial charge < -0.3 is 9.31 Å². The molecule has 0 saturated carbocycles. The zero-order valence-electron chi connectivity index (χ0n) is 24.0. The fourth-order valence-corrected chi connectivity index (χ4v) is 4.71. The fraction of sp³-hybridized carbons (Fsp3) is 0.438. The summed E-state index contributed by atoms with van der Waals surface area (Å²) in [5.41, 5.74) is 6.53. The van der Waals surface area contributed by atoms with Crippen LogP contribution in [0.3, 0.4) is 0 Å². The zero-order chi connectivity index (χ0) is 27.0. The lowest BCUT2D eigenvalue weighted by Gasteiger charge is -2.32. The summed E-state index contributed by atoms with van der Waals surface area (Å²) >= 11 is 0. The average molecular weight is 494 g/mol. The summed E-state index contributed by atoms with van der Waals surface area (Å²) in [4.78, 5) is 10.3. The van der Waals surface area contributed by atoms with Crippen LogP contribution in [-0.4, -0.2) is 28.3 Å². The van der Waals surface area contributed by atoms with E-state index in [0.29, 0.717) is 0 Å². The monoisotopic (exact) mass is 494 g/mol. The molecule has 1 aliphatic heterocycles. The largest absolute Gasteiger partial charge is 0.494 e. The maximum atomic E-state index is 6.28. The molecule has 4 nitrogen and oxygen atoms in total. The fourth-order valence-electron chi connectivity index (χ4n) is 4.71. The first-order chi connectivity index (χ1) is 17.1. The summed E-state index contributed by atoms with van der Waals surface area (Å²) in [6.07, 6.45) is 0. The molecule has 0 amide bonds. The van der Waals surface area contributed by atoms with Crippen LogP contribution in [0, 0.1) is 0 Å². The molecule has 0 atom stereocenters. The van der Waals surface area contributed by atoms with Crippen LogP contribution < -0.4 is 5.46 Å². The summed E-state index contributed by atoms with van der Waals surface area (Å²) in [5, 5.41) is 2.23. The molecule has 0 aliphatic carbocycles. The highest BCUT2D eigenvalue weighted by molar-refractivity contribution is 6.62. The molecule has 0 unspecified atom stereocenters. The Morgan fingerprint density at radius 3 is 1.76 bits per heavy atom. The van der Waals surface area contributed by atoms with Crippen LogP contribution in [0.2, 0.25) is 0 Å². The van der Waals surface area contributed by atoms with Crippen molar-refractivity contribution in [2.75, 3.05) is 0 Å². The Hall–Kier alpha value is -2.76. The van der Waals surface area contributed by atoms with E-state index in [1.54, 1.807) is 0 Å². The van der Waals surface area contributed by atoms with Crippen LogP contribution in [0.15, 0.2) is 54.6 Å². The number of rotatable bonds is 2. The van der Waals surface area contributed by atoms with Gasteiger partial charge in [0.05, 0.1) is 22.2 Å². The van der Waals surface area contributed by atoms with Gasteiger partial charge in [-0.1, -0.05) is 84.0 Å². The highest BCUT2D eigenvalue weighted by atomic mass is 16.7. The van der Waals surface area contributed by atoms with E-state index >= 15 is 0 Å². The minimum atomic E-state index is -0.373. The van der Waals surface area contributed by atoms with Crippen LogP contribution in [0.1, 0.15) is 80.6 Å². The zero-order valence-corrected chi connectivity index (χ0v) is 24.0. The lowest BCUT2D eigenvalue weighted by Crippen LogP contribution is -2.41. The van der Waals surface area contributed by atoms with E-state index < -0.39 is 0 Å². The Bertz CT molecular complexity index is 1480. The molecule has 192 valence electrons. The average Bonchev–Trinajstić information content (AvgIpc) is 3.03. The molecule has 0 N–H and O–H groups in total. The van der Waals surface area contributed by atoms with Gasteiger partial charge in [-0.25, -0.2) is 9.97 Å². The van der Waals surface area contributed by atoms with Gasteiger partial charge in [0.15, 0.2) is 0 Å². The Morgan fingerprint density at radius 1 is 0.649 bits per heavy atom. The van der Waals surface area contributed by atoms with Gasteiger partial charge in [-0.15, -0.1) is 0 Å². The van der Waals surface area contributed by atoms with Crippen LogP contribution in [0.4, 0.5) is 0 Å². The van der Waals surface area contributed by atoms with E-state index in [9.17, 15) is 0 Å². The first-order valence-electron chi connectivity index (χ1n) is 13.3. The van der Waals surface area contributed by atoms with Crippen molar-refractivity contribution in [3.8, 4) is 11.1 Å². The molecule has 5 heteroatoms. The Morgan fingerprint density at radius 2 is 1.19 bits per heavy atom. The third kappa shape index (κ3) is 4.57. The third-order valence-corrected chi connectivity index (χ3v) is 7.92. The Labute approximate surface area is 222 Å². The number of aromatic nitrogens is 2. The second-order valence-corrected chi connectivity index (χ2v) is 13.5. The summed E-state index contributed by atoms with van der Waals surface area (Å²) in [5.74, 6) is 0. The van der Waals surface area contributed by atoms with Crippen molar-refractivity contribution in [1.82, 2.24) is 9.97 Å². The highest BCUT2D eigenvalue weighted by Gasteiger charge is 2.51. The van der Waals surface area contributed by atoms with Gasteiger partial charge in [0, 0.05) is 33.0 Å². The van der Waals surface area contributed by atoms with Gasteiger partial charge in [0.2, 0.25) is 0 Å². The van der Waals surface area contributed by atoms with E-state index in [1.165, 1.54) is 5.56 Å². The predicted molar refractivity (Wildman–Crippen MR) is 156 cm³/mol. The van der Waals surface area contributed by atoms with Crippen molar-refractivity contribution in [3.05, 3.63) is 66.0 Å². The summed E-state index contributed by atoms with van der Waals surface area (Å²) < 4.78 is 12.6. The third-order valence-electron chi connectivity index (χ3n) is 7.92. The topological polar surface area (TPSA) is 44.2 Å². The van der Waals surface area contributed by atoms with E-state index in [-0.39, 0.29) is 29.2 Å². The van der Waals surface area contributed by atoms with Crippen LogP contribution >= 0.6 is 0 Å². The highest BCUT2D eigenvalue weighted by Crippen LogP contribution is 2.38. The number of hydrogen-bond donors (Lipinski definition) is 0. The van der Waals surface area contributed by atoms with Crippen molar-refractivity contribution in [2.45, 2.75) is 91.3 Å². The van der Waals surface area contributed by atoms with Crippen molar-refractivity contribution in [2.24, 2.45) is 0 Å². The molecule has 1 aliphatic rings. The molecule has 1 saturated heterocycles. The van der Waals surface area contributed by atoms with Crippen LogP contribution in [-0.2, 0) is 20.1 Å². The molecule has 1 fully saturated rings. The van der Waals surface area contributed by atoms with Gasteiger partial charge in [-0.05, 0) is 56.4 Å². The first-order valence-corrected chi connectivity index (χ1v) is 13.3. The number of nitrogens with zero attached hydrogens (tertiary/aromatic N) is 2. The molecule has 0 spiro atoms. The number of pyridine rings is 2. The number of hydrogen-bond acceptors (Lipinski definition) is 4. The minimum Gasteiger partial charge on any atom is -0.399 e. The minimum absolute atomic E-state index is 0.0375.